The Morgan fingerprint density at radius 3 is 2.75 bits per heavy atom. The molecular formula is C13H19ClN2O3S. The highest BCUT2D eigenvalue weighted by molar-refractivity contribution is 7.93. The number of methoxy groups -OCH3 is 1. The van der Waals surface area contributed by atoms with Crippen molar-refractivity contribution < 1.29 is 13.2 Å². The molecule has 1 unspecified atom stereocenters. The normalized spacial score (nSPS) is 16.8. The van der Waals surface area contributed by atoms with Gasteiger partial charge in [-0.2, -0.15) is 0 Å². The van der Waals surface area contributed by atoms with Crippen molar-refractivity contribution in [2.45, 2.75) is 31.1 Å². The van der Waals surface area contributed by atoms with Crippen LogP contribution in [-0.2, 0) is 10.0 Å². The number of nitrogens with one attached hydrogen (secondary N) is 2. The number of anilines is 1. The highest BCUT2D eigenvalue weighted by Gasteiger charge is 2.26. The van der Waals surface area contributed by atoms with Crippen molar-refractivity contribution in [2.24, 2.45) is 0 Å². The Hall–Kier alpha value is -0.980. The molecule has 2 rings (SSSR count). The van der Waals surface area contributed by atoms with Crippen molar-refractivity contribution >= 4 is 27.3 Å². The van der Waals surface area contributed by atoms with Crippen LogP contribution in [0.25, 0.3) is 0 Å². The van der Waals surface area contributed by atoms with Gasteiger partial charge in [-0.25, -0.2) is 8.42 Å². The summed E-state index contributed by atoms with van der Waals surface area (Å²) in [6.45, 7) is 2.10. The van der Waals surface area contributed by atoms with Crippen LogP contribution in [0.3, 0.4) is 0 Å². The van der Waals surface area contributed by atoms with E-state index in [1.54, 1.807) is 25.1 Å². The van der Waals surface area contributed by atoms with E-state index in [-0.39, 0.29) is 0 Å². The summed E-state index contributed by atoms with van der Waals surface area (Å²) in [5, 5.41) is 3.02. The summed E-state index contributed by atoms with van der Waals surface area (Å²) in [5.41, 5.74) is 0.337. The van der Waals surface area contributed by atoms with Crippen molar-refractivity contribution in [3.05, 3.63) is 23.2 Å². The number of sulfonamides is 1. The molecule has 1 aromatic carbocycles. The Bertz CT molecular complexity index is 573. The second-order valence-corrected chi connectivity index (χ2v) is 7.49. The van der Waals surface area contributed by atoms with Crippen LogP contribution in [0.15, 0.2) is 18.2 Å². The average molecular weight is 319 g/mol. The third-order valence-corrected chi connectivity index (χ3v) is 5.29. The smallest absolute Gasteiger partial charge is 0.236 e. The second kappa shape index (κ2) is 6.20. The van der Waals surface area contributed by atoms with Gasteiger partial charge in [-0.15, -0.1) is 0 Å². The summed E-state index contributed by atoms with van der Waals surface area (Å²) in [6, 6.07) is 5.33. The minimum absolute atomic E-state index is 0.337. The molecule has 0 saturated heterocycles. The summed E-state index contributed by atoms with van der Waals surface area (Å²) >= 11 is 6.00. The van der Waals surface area contributed by atoms with Crippen LogP contribution in [0, 0.1) is 0 Å². The summed E-state index contributed by atoms with van der Waals surface area (Å²) in [5.74, 6) is 0.552. The minimum Gasteiger partial charge on any atom is -0.497 e. The predicted octanol–water partition coefficient (Wildman–Crippen LogP) is 2.23. The van der Waals surface area contributed by atoms with E-state index in [0.29, 0.717) is 29.0 Å². The lowest BCUT2D eigenvalue weighted by Crippen LogP contribution is -2.35. The van der Waals surface area contributed by atoms with Crippen molar-refractivity contribution in [1.82, 2.24) is 5.32 Å². The van der Waals surface area contributed by atoms with Gasteiger partial charge in [-0.1, -0.05) is 11.6 Å². The first kappa shape index (κ1) is 15.4. The van der Waals surface area contributed by atoms with E-state index in [4.69, 9.17) is 16.3 Å². The molecule has 112 valence electrons. The van der Waals surface area contributed by atoms with Crippen LogP contribution in [0.5, 0.6) is 5.75 Å². The molecule has 20 heavy (non-hydrogen) atoms. The van der Waals surface area contributed by atoms with Crippen LogP contribution in [0.2, 0.25) is 5.02 Å². The molecule has 1 aromatic rings. The standard InChI is InChI=1S/C13H19ClN2O3S/c1-9(8-15-10-3-4-10)20(17,18)16-13-7-11(19-2)5-6-12(13)14/h5-7,9-10,15-16H,3-4,8H2,1-2H3. The van der Waals surface area contributed by atoms with Crippen molar-refractivity contribution in [2.75, 3.05) is 18.4 Å². The van der Waals surface area contributed by atoms with Crippen molar-refractivity contribution in [3.63, 3.8) is 0 Å². The van der Waals surface area contributed by atoms with Gasteiger partial charge < -0.3 is 10.1 Å². The van der Waals surface area contributed by atoms with Gasteiger partial charge in [0.05, 0.1) is 23.1 Å². The quantitative estimate of drug-likeness (QED) is 0.809. The monoisotopic (exact) mass is 318 g/mol. The largest absolute Gasteiger partial charge is 0.497 e. The van der Waals surface area contributed by atoms with Crippen molar-refractivity contribution in [1.29, 1.82) is 0 Å². The Kier molecular flexibility index (Phi) is 4.78. The highest BCUT2D eigenvalue weighted by Crippen LogP contribution is 2.28. The fourth-order valence-corrected chi connectivity index (χ4v) is 2.91. The van der Waals surface area contributed by atoms with Crippen LogP contribution < -0.4 is 14.8 Å². The summed E-state index contributed by atoms with van der Waals surface area (Å²) in [4.78, 5) is 0. The van der Waals surface area contributed by atoms with Crippen LogP contribution in [0.1, 0.15) is 19.8 Å². The lowest BCUT2D eigenvalue weighted by molar-refractivity contribution is 0.415. The Balaban J connectivity index is 2.06. The number of hydrogen-bond acceptors (Lipinski definition) is 4. The van der Waals surface area contributed by atoms with Crippen LogP contribution in [0.4, 0.5) is 5.69 Å². The molecule has 0 radical (unpaired) electrons. The van der Waals surface area contributed by atoms with Gasteiger partial charge in [0, 0.05) is 18.7 Å². The Labute approximate surface area is 124 Å². The van der Waals surface area contributed by atoms with E-state index in [1.807, 2.05) is 0 Å². The third-order valence-electron chi connectivity index (χ3n) is 3.23. The fourth-order valence-electron chi connectivity index (χ4n) is 1.69. The molecule has 5 nitrogen and oxygen atoms in total. The predicted molar refractivity (Wildman–Crippen MR) is 81.0 cm³/mol. The van der Waals surface area contributed by atoms with Crippen LogP contribution in [-0.4, -0.2) is 33.4 Å². The number of rotatable bonds is 7. The van der Waals surface area contributed by atoms with Gasteiger partial charge in [0.15, 0.2) is 0 Å². The molecule has 0 aromatic heterocycles. The Morgan fingerprint density at radius 1 is 1.45 bits per heavy atom. The van der Waals surface area contributed by atoms with Gasteiger partial charge in [-0.3, -0.25) is 4.72 Å². The molecule has 1 saturated carbocycles. The van der Waals surface area contributed by atoms with E-state index < -0.39 is 15.3 Å². The van der Waals surface area contributed by atoms with Gasteiger partial charge >= 0.3 is 0 Å². The number of hydrogen-bond donors (Lipinski definition) is 2. The third kappa shape index (κ3) is 4.01. The SMILES string of the molecule is COc1ccc(Cl)c(NS(=O)(=O)C(C)CNC2CC2)c1. The zero-order valence-corrected chi connectivity index (χ0v) is 13.1. The maximum atomic E-state index is 12.2. The van der Waals surface area contributed by atoms with Crippen LogP contribution >= 0.6 is 11.6 Å². The molecule has 1 atom stereocenters. The lowest BCUT2D eigenvalue weighted by Gasteiger charge is -2.16. The number of ether oxygens (including phenoxy) is 1. The molecule has 1 fully saturated rings. The molecule has 0 heterocycles. The molecule has 7 heteroatoms. The van der Waals surface area contributed by atoms with Gasteiger partial charge in [0.1, 0.15) is 5.75 Å². The van der Waals surface area contributed by atoms with Gasteiger partial charge in [0.2, 0.25) is 10.0 Å². The van der Waals surface area contributed by atoms with E-state index >= 15 is 0 Å². The fraction of sp³-hybridized carbons (Fsp3) is 0.538. The molecule has 0 spiro atoms. The summed E-state index contributed by atoms with van der Waals surface area (Å²) in [7, 11) is -1.96. The number of halogens is 1. The summed E-state index contributed by atoms with van der Waals surface area (Å²) < 4.78 is 32.1. The maximum Gasteiger partial charge on any atom is 0.236 e. The van der Waals surface area contributed by atoms with Gasteiger partial charge in [-0.05, 0) is 31.9 Å². The number of benzene rings is 1. The zero-order chi connectivity index (χ0) is 14.8. The van der Waals surface area contributed by atoms with E-state index in [0.717, 1.165) is 12.8 Å². The molecule has 0 bridgehead atoms. The lowest BCUT2D eigenvalue weighted by atomic mass is 10.3. The first-order chi connectivity index (χ1) is 9.42. The highest BCUT2D eigenvalue weighted by atomic mass is 35.5. The molecule has 1 aliphatic rings. The molecule has 0 amide bonds. The van der Waals surface area contributed by atoms with Crippen molar-refractivity contribution in [3.8, 4) is 5.75 Å². The molecular weight excluding hydrogens is 300 g/mol. The second-order valence-electron chi connectivity index (χ2n) is 4.99. The topological polar surface area (TPSA) is 67.4 Å². The van der Waals surface area contributed by atoms with E-state index in [2.05, 4.69) is 10.0 Å². The summed E-state index contributed by atoms with van der Waals surface area (Å²) in [6.07, 6.45) is 2.25. The first-order valence-electron chi connectivity index (χ1n) is 6.51. The maximum absolute atomic E-state index is 12.2. The van der Waals surface area contributed by atoms with E-state index in [9.17, 15) is 8.42 Å². The van der Waals surface area contributed by atoms with E-state index in [1.165, 1.54) is 7.11 Å². The molecule has 1 aliphatic carbocycles. The molecule has 2 N–H and O–H groups in total. The van der Waals surface area contributed by atoms with Gasteiger partial charge in [0.25, 0.3) is 0 Å². The zero-order valence-electron chi connectivity index (χ0n) is 11.5. The average Bonchev–Trinajstić information content (AvgIpc) is 3.22. The minimum atomic E-state index is -3.48. The first-order valence-corrected chi connectivity index (χ1v) is 8.43. The molecule has 0 aliphatic heterocycles. The Morgan fingerprint density at radius 2 is 2.15 bits per heavy atom.